The highest BCUT2D eigenvalue weighted by Crippen LogP contribution is 2.65. The summed E-state index contributed by atoms with van der Waals surface area (Å²) in [6.07, 6.45) is 6.01. The monoisotopic (exact) mass is 296 g/mol. The predicted octanol–water partition coefficient (Wildman–Crippen LogP) is 3.77. The van der Waals surface area contributed by atoms with Gasteiger partial charge in [-0.2, -0.15) is 0 Å². The van der Waals surface area contributed by atoms with Gasteiger partial charge in [0.05, 0.1) is 26.5 Å². The van der Waals surface area contributed by atoms with Crippen LogP contribution in [0.1, 0.15) is 32.6 Å². The van der Waals surface area contributed by atoms with Gasteiger partial charge in [0.15, 0.2) is 5.78 Å². The summed E-state index contributed by atoms with van der Waals surface area (Å²) < 4.78 is 11.3. The molecule has 1 fully saturated rings. The zero-order valence-electron chi connectivity index (χ0n) is 13.5. The molecule has 0 amide bonds. The standard InChI is InChI=1S/C16H28O3Si/c1-6-19-12-7-8-13(14(17)11-12)15(18-2)16(9-10-16)20(3,4)5/h11,13,15H,6-10H2,1-5H3/t13-,15+/m0/s1. The van der Waals surface area contributed by atoms with Crippen molar-refractivity contribution >= 4 is 13.9 Å². The van der Waals surface area contributed by atoms with E-state index in [-0.39, 0.29) is 17.8 Å². The van der Waals surface area contributed by atoms with Crippen LogP contribution in [-0.4, -0.2) is 33.7 Å². The molecule has 0 aromatic carbocycles. The van der Waals surface area contributed by atoms with Crippen LogP contribution in [0.3, 0.4) is 0 Å². The Kier molecular flexibility index (Phi) is 4.45. The van der Waals surface area contributed by atoms with E-state index >= 15 is 0 Å². The summed E-state index contributed by atoms with van der Waals surface area (Å²) >= 11 is 0. The molecule has 0 bridgehead atoms. The molecule has 0 aromatic heterocycles. The van der Waals surface area contributed by atoms with E-state index < -0.39 is 8.07 Å². The molecule has 2 rings (SSSR count). The number of methoxy groups -OCH3 is 1. The van der Waals surface area contributed by atoms with Gasteiger partial charge in [0.1, 0.15) is 0 Å². The first-order valence-electron chi connectivity index (χ1n) is 7.75. The summed E-state index contributed by atoms with van der Waals surface area (Å²) in [6, 6.07) is 0. The van der Waals surface area contributed by atoms with Crippen molar-refractivity contribution in [1.82, 2.24) is 0 Å². The molecule has 3 nitrogen and oxygen atoms in total. The molecule has 0 unspecified atom stereocenters. The SMILES string of the molecule is CCOC1=CC(=O)[C@@H]([C@@H](OC)C2([Si](C)(C)C)CC2)CC1. The normalized spacial score (nSPS) is 26.9. The second kappa shape index (κ2) is 5.64. The molecule has 114 valence electrons. The van der Waals surface area contributed by atoms with E-state index in [1.165, 1.54) is 12.8 Å². The van der Waals surface area contributed by atoms with Crippen LogP contribution in [0.15, 0.2) is 11.8 Å². The summed E-state index contributed by atoms with van der Waals surface area (Å²) in [5, 5.41) is 0.305. The fourth-order valence-corrected chi connectivity index (χ4v) is 6.55. The highest BCUT2D eigenvalue weighted by atomic mass is 28.3. The first kappa shape index (κ1) is 15.8. The molecule has 2 aliphatic carbocycles. The molecule has 0 aliphatic heterocycles. The molecule has 0 N–H and O–H groups in total. The number of ketones is 1. The number of carbonyl (C=O) groups is 1. The lowest BCUT2D eigenvalue weighted by molar-refractivity contribution is -0.124. The number of carbonyl (C=O) groups excluding carboxylic acids is 1. The molecule has 4 heteroatoms. The minimum atomic E-state index is -1.33. The second-order valence-electron chi connectivity index (χ2n) is 7.15. The molecule has 0 aromatic rings. The van der Waals surface area contributed by atoms with Crippen molar-refractivity contribution < 1.29 is 14.3 Å². The molecule has 0 saturated heterocycles. The Morgan fingerprint density at radius 2 is 2.05 bits per heavy atom. The van der Waals surface area contributed by atoms with E-state index in [1.54, 1.807) is 13.2 Å². The van der Waals surface area contributed by atoms with Gasteiger partial charge >= 0.3 is 0 Å². The van der Waals surface area contributed by atoms with Gasteiger partial charge < -0.3 is 9.47 Å². The van der Waals surface area contributed by atoms with Crippen molar-refractivity contribution in [3.63, 3.8) is 0 Å². The van der Waals surface area contributed by atoms with Gasteiger partial charge in [0.2, 0.25) is 0 Å². The first-order valence-corrected chi connectivity index (χ1v) is 11.3. The minimum absolute atomic E-state index is 0.0263. The van der Waals surface area contributed by atoms with Gasteiger partial charge in [0.25, 0.3) is 0 Å². The summed E-state index contributed by atoms with van der Waals surface area (Å²) in [6.45, 7) is 9.80. The zero-order valence-corrected chi connectivity index (χ0v) is 14.5. The maximum Gasteiger partial charge on any atom is 0.164 e. The maximum absolute atomic E-state index is 12.5. The van der Waals surface area contributed by atoms with Crippen molar-refractivity contribution in [1.29, 1.82) is 0 Å². The molecule has 1 saturated carbocycles. The van der Waals surface area contributed by atoms with Crippen LogP contribution in [0.4, 0.5) is 0 Å². The Hall–Kier alpha value is -0.613. The highest BCUT2D eigenvalue weighted by molar-refractivity contribution is 6.80. The van der Waals surface area contributed by atoms with Crippen LogP contribution in [0.2, 0.25) is 24.7 Å². The number of allylic oxidation sites excluding steroid dienone is 2. The Balaban J connectivity index is 2.17. The van der Waals surface area contributed by atoms with Crippen molar-refractivity contribution in [3.05, 3.63) is 11.8 Å². The molecule has 0 heterocycles. The molecule has 2 atom stereocenters. The average Bonchev–Trinajstić information content (AvgIpc) is 3.14. The fraction of sp³-hybridized carbons (Fsp3) is 0.812. The van der Waals surface area contributed by atoms with Crippen LogP contribution in [0.25, 0.3) is 0 Å². The Bertz CT molecular complexity index is 404. The predicted molar refractivity (Wildman–Crippen MR) is 83.5 cm³/mol. The van der Waals surface area contributed by atoms with E-state index in [4.69, 9.17) is 9.47 Å². The van der Waals surface area contributed by atoms with Crippen LogP contribution >= 0.6 is 0 Å². The lowest BCUT2D eigenvalue weighted by Gasteiger charge is -2.40. The van der Waals surface area contributed by atoms with Crippen LogP contribution < -0.4 is 0 Å². The van der Waals surface area contributed by atoms with Crippen molar-refractivity contribution in [3.8, 4) is 0 Å². The van der Waals surface area contributed by atoms with Crippen LogP contribution in [-0.2, 0) is 14.3 Å². The second-order valence-corrected chi connectivity index (χ2v) is 12.6. The number of hydrogen-bond acceptors (Lipinski definition) is 3. The van der Waals surface area contributed by atoms with Gasteiger partial charge in [-0.3, -0.25) is 4.79 Å². The van der Waals surface area contributed by atoms with Crippen molar-refractivity contribution in [2.24, 2.45) is 5.92 Å². The third kappa shape index (κ3) is 2.73. The van der Waals surface area contributed by atoms with E-state index in [0.29, 0.717) is 11.6 Å². The van der Waals surface area contributed by atoms with Crippen LogP contribution in [0, 0.1) is 5.92 Å². The molecule has 0 spiro atoms. The molecular formula is C16H28O3Si. The Morgan fingerprint density at radius 1 is 1.40 bits per heavy atom. The largest absolute Gasteiger partial charge is 0.498 e. The van der Waals surface area contributed by atoms with Gasteiger partial charge in [-0.1, -0.05) is 19.6 Å². The van der Waals surface area contributed by atoms with Gasteiger partial charge in [-0.05, 0) is 31.2 Å². The lowest BCUT2D eigenvalue weighted by atomic mass is 9.85. The summed E-state index contributed by atoms with van der Waals surface area (Å²) in [4.78, 5) is 12.5. The number of hydrogen-bond donors (Lipinski definition) is 0. The molecule has 0 radical (unpaired) electrons. The van der Waals surface area contributed by atoms with Crippen molar-refractivity contribution in [2.45, 2.75) is 63.4 Å². The van der Waals surface area contributed by atoms with E-state index in [1.807, 2.05) is 6.92 Å². The highest BCUT2D eigenvalue weighted by Gasteiger charge is 2.60. The molecular weight excluding hydrogens is 268 g/mol. The Morgan fingerprint density at radius 3 is 2.45 bits per heavy atom. The van der Waals surface area contributed by atoms with E-state index in [9.17, 15) is 4.79 Å². The van der Waals surface area contributed by atoms with E-state index in [2.05, 4.69) is 19.6 Å². The fourth-order valence-electron chi connectivity index (χ4n) is 3.75. The third-order valence-corrected chi connectivity index (χ3v) is 8.92. The Labute approximate surface area is 123 Å². The molecule has 2 aliphatic rings. The molecule has 20 heavy (non-hydrogen) atoms. The summed E-state index contributed by atoms with van der Waals surface area (Å²) in [7, 11) is 0.445. The smallest absolute Gasteiger partial charge is 0.164 e. The topological polar surface area (TPSA) is 35.5 Å². The zero-order chi connectivity index (χ0) is 15.0. The summed E-state index contributed by atoms with van der Waals surface area (Å²) in [5.74, 6) is 1.08. The maximum atomic E-state index is 12.5. The average molecular weight is 296 g/mol. The quantitative estimate of drug-likeness (QED) is 0.700. The minimum Gasteiger partial charge on any atom is -0.498 e. The third-order valence-electron chi connectivity index (χ3n) is 5.15. The van der Waals surface area contributed by atoms with Gasteiger partial charge in [-0.15, -0.1) is 0 Å². The van der Waals surface area contributed by atoms with Gasteiger partial charge in [-0.25, -0.2) is 0 Å². The van der Waals surface area contributed by atoms with Gasteiger partial charge in [0, 0.05) is 25.5 Å². The van der Waals surface area contributed by atoms with E-state index in [0.717, 1.165) is 18.6 Å². The lowest BCUT2D eigenvalue weighted by Crippen LogP contribution is -2.45. The first-order chi connectivity index (χ1) is 9.35. The van der Waals surface area contributed by atoms with Crippen molar-refractivity contribution in [2.75, 3.05) is 13.7 Å². The number of rotatable bonds is 6. The number of ether oxygens (including phenoxy) is 2. The summed E-state index contributed by atoms with van der Waals surface area (Å²) in [5.41, 5.74) is 0. The van der Waals surface area contributed by atoms with Crippen LogP contribution in [0.5, 0.6) is 0 Å².